The molecule has 0 aliphatic heterocycles. The van der Waals surface area contributed by atoms with Gasteiger partial charge in [0.1, 0.15) is 11.4 Å². The number of hydrogen-bond donors (Lipinski definition) is 1. The summed E-state index contributed by atoms with van der Waals surface area (Å²) >= 11 is 15.0. The van der Waals surface area contributed by atoms with E-state index in [0.29, 0.717) is 10.2 Å². The Balaban J connectivity index is 1.96. The molecular formula is C15H13BrCl2N2O5S. The maximum absolute atomic E-state index is 12.3. The SMILES string of the molecule is Cn1cccc1C(=O)COC(=O)CNS(=O)(=O)c1c(Cl)cc(Br)cc1Cl. The van der Waals surface area contributed by atoms with Gasteiger partial charge in [-0.1, -0.05) is 39.1 Å². The van der Waals surface area contributed by atoms with Crippen LogP contribution in [0.4, 0.5) is 0 Å². The lowest BCUT2D eigenvalue weighted by atomic mass is 10.3. The van der Waals surface area contributed by atoms with Gasteiger partial charge in [-0.05, 0) is 24.3 Å². The number of hydrogen-bond acceptors (Lipinski definition) is 5. The van der Waals surface area contributed by atoms with Crippen molar-refractivity contribution in [3.8, 4) is 0 Å². The average molecular weight is 484 g/mol. The van der Waals surface area contributed by atoms with Crippen LogP contribution in [0, 0.1) is 0 Å². The molecule has 0 amide bonds. The predicted octanol–water partition coefficient (Wildman–Crippen LogP) is 2.80. The lowest BCUT2D eigenvalue weighted by Crippen LogP contribution is -2.32. The van der Waals surface area contributed by atoms with Gasteiger partial charge in [0.2, 0.25) is 15.8 Å². The maximum Gasteiger partial charge on any atom is 0.321 e. The Bertz CT molecular complexity index is 936. The second-order valence-electron chi connectivity index (χ2n) is 5.11. The summed E-state index contributed by atoms with van der Waals surface area (Å²) in [6, 6.07) is 5.98. The molecule has 1 heterocycles. The van der Waals surface area contributed by atoms with Crippen LogP contribution < -0.4 is 4.72 Å². The number of ketones is 1. The lowest BCUT2D eigenvalue weighted by molar-refractivity contribution is -0.141. The molecule has 0 fully saturated rings. The molecule has 0 saturated heterocycles. The van der Waals surface area contributed by atoms with Gasteiger partial charge in [0.15, 0.2) is 6.61 Å². The van der Waals surface area contributed by atoms with E-state index >= 15 is 0 Å². The van der Waals surface area contributed by atoms with Crippen LogP contribution in [-0.2, 0) is 26.6 Å². The van der Waals surface area contributed by atoms with Crippen molar-refractivity contribution in [2.24, 2.45) is 7.05 Å². The number of esters is 1. The Labute approximate surface area is 168 Å². The fourth-order valence-electron chi connectivity index (χ4n) is 2.03. The van der Waals surface area contributed by atoms with Gasteiger partial charge in [0.05, 0.1) is 15.7 Å². The van der Waals surface area contributed by atoms with Gasteiger partial charge in [-0.15, -0.1) is 0 Å². The van der Waals surface area contributed by atoms with Gasteiger partial charge in [0, 0.05) is 17.7 Å². The molecule has 11 heteroatoms. The third kappa shape index (κ3) is 5.08. The number of carbonyl (C=O) groups is 2. The molecule has 7 nitrogen and oxygen atoms in total. The van der Waals surface area contributed by atoms with Gasteiger partial charge in [-0.25, -0.2) is 8.42 Å². The van der Waals surface area contributed by atoms with E-state index in [9.17, 15) is 18.0 Å². The van der Waals surface area contributed by atoms with Gasteiger partial charge >= 0.3 is 5.97 Å². The summed E-state index contributed by atoms with van der Waals surface area (Å²) in [5, 5.41) is -0.215. The number of rotatable bonds is 7. The van der Waals surface area contributed by atoms with Crippen LogP contribution in [0.25, 0.3) is 0 Å². The number of ether oxygens (including phenoxy) is 1. The number of sulfonamides is 1. The van der Waals surface area contributed by atoms with Crippen molar-refractivity contribution < 1.29 is 22.7 Å². The number of halogens is 3. The highest BCUT2D eigenvalue weighted by atomic mass is 79.9. The zero-order chi connectivity index (χ0) is 19.5. The molecule has 0 aliphatic carbocycles. The largest absolute Gasteiger partial charge is 0.456 e. The third-order valence-corrected chi connectivity index (χ3v) is 6.01. The molecule has 2 aromatic rings. The zero-order valence-electron chi connectivity index (χ0n) is 13.3. The minimum atomic E-state index is -4.15. The smallest absolute Gasteiger partial charge is 0.321 e. The van der Waals surface area contributed by atoms with Gasteiger partial charge in [0.25, 0.3) is 0 Å². The Morgan fingerprint density at radius 1 is 1.27 bits per heavy atom. The summed E-state index contributed by atoms with van der Waals surface area (Å²) in [6.07, 6.45) is 1.68. The number of nitrogens with zero attached hydrogens (tertiary/aromatic N) is 1. The Morgan fingerprint density at radius 2 is 1.88 bits per heavy atom. The van der Waals surface area contributed by atoms with Crippen LogP contribution in [0.2, 0.25) is 10.0 Å². The quantitative estimate of drug-likeness (QED) is 0.482. The van der Waals surface area contributed by atoms with E-state index in [4.69, 9.17) is 27.9 Å². The molecular weight excluding hydrogens is 471 g/mol. The minimum absolute atomic E-state index is 0.107. The highest BCUT2D eigenvalue weighted by Gasteiger charge is 2.23. The number of aryl methyl sites for hydroxylation is 1. The number of Topliss-reactive ketones (excluding diaryl/α,β-unsaturated/α-hetero) is 1. The van der Waals surface area contributed by atoms with E-state index in [0.717, 1.165) is 0 Å². The molecule has 2 rings (SSSR count). The molecule has 140 valence electrons. The molecule has 1 aromatic carbocycles. The van der Waals surface area contributed by atoms with E-state index in [1.165, 1.54) is 12.1 Å². The first-order valence-electron chi connectivity index (χ1n) is 7.06. The van der Waals surface area contributed by atoms with Crippen molar-refractivity contribution in [2.45, 2.75) is 4.90 Å². The van der Waals surface area contributed by atoms with Crippen LogP contribution in [-0.4, -0.2) is 37.9 Å². The first kappa shape index (κ1) is 20.9. The molecule has 0 spiro atoms. The summed E-state index contributed by atoms with van der Waals surface area (Å²) in [5.74, 6) is -1.33. The fourth-order valence-corrected chi connectivity index (χ4v) is 4.94. The van der Waals surface area contributed by atoms with Crippen LogP contribution >= 0.6 is 39.1 Å². The Kier molecular flexibility index (Phi) is 6.86. The monoisotopic (exact) mass is 482 g/mol. The first-order chi connectivity index (χ1) is 12.1. The first-order valence-corrected chi connectivity index (χ1v) is 10.1. The summed E-state index contributed by atoms with van der Waals surface area (Å²) in [4.78, 5) is 23.3. The van der Waals surface area contributed by atoms with Gasteiger partial charge in [-0.2, -0.15) is 4.72 Å². The molecule has 0 aliphatic rings. The van der Waals surface area contributed by atoms with Gasteiger partial charge < -0.3 is 9.30 Å². The zero-order valence-corrected chi connectivity index (χ0v) is 17.2. The molecule has 0 unspecified atom stereocenters. The fraction of sp³-hybridized carbons (Fsp3) is 0.200. The highest BCUT2D eigenvalue weighted by Crippen LogP contribution is 2.32. The average Bonchev–Trinajstić information content (AvgIpc) is 2.95. The normalized spacial score (nSPS) is 11.4. The van der Waals surface area contributed by atoms with E-state index < -0.39 is 34.9 Å². The van der Waals surface area contributed by atoms with E-state index in [1.807, 2.05) is 4.72 Å². The lowest BCUT2D eigenvalue weighted by Gasteiger charge is -2.10. The summed E-state index contributed by atoms with van der Waals surface area (Å²) in [6.45, 7) is -1.18. The van der Waals surface area contributed by atoms with Crippen LogP contribution in [0.3, 0.4) is 0 Å². The molecule has 26 heavy (non-hydrogen) atoms. The van der Waals surface area contributed by atoms with Crippen molar-refractivity contribution >= 4 is 60.9 Å². The Hall–Kier alpha value is -1.39. The summed E-state index contributed by atoms with van der Waals surface area (Å²) < 4.78 is 33.5. The van der Waals surface area contributed by atoms with E-state index in [1.54, 1.807) is 29.9 Å². The molecule has 1 N–H and O–H groups in total. The van der Waals surface area contributed by atoms with Crippen LogP contribution in [0.5, 0.6) is 0 Å². The summed E-state index contributed by atoms with van der Waals surface area (Å²) in [7, 11) is -2.47. The maximum atomic E-state index is 12.3. The standard InChI is InChI=1S/C15H13BrCl2N2O5S/c1-20-4-2-3-12(20)13(21)8-25-14(22)7-19-26(23,24)15-10(17)5-9(16)6-11(15)18/h2-6,19H,7-8H2,1H3. The van der Waals surface area contributed by atoms with E-state index in [-0.39, 0.29) is 14.9 Å². The van der Waals surface area contributed by atoms with Crippen LogP contribution in [0.1, 0.15) is 10.5 Å². The van der Waals surface area contributed by atoms with Crippen molar-refractivity contribution in [2.75, 3.05) is 13.2 Å². The second-order valence-corrected chi connectivity index (χ2v) is 8.55. The predicted molar refractivity (Wildman–Crippen MR) is 100 cm³/mol. The number of aromatic nitrogens is 1. The van der Waals surface area contributed by atoms with Crippen LogP contribution in [0.15, 0.2) is 39.8 Å². The topological polar surface area (TPSA) is 94.5 Å². The Morgan fingerprint density at radius 3 is 2.42 bits per heavy atom. The van der Waals surface area contributed by atoms with Crippen molar-refractivity contribution in [3.05, 3.63) is 50.7 Å². The van der Waals surface area contributed by atoms with Gasteiger partial charge in [-0.3, -0.25) is 9.59 Å². The molecule has 1 aromatic heterocycles. The third-order valence-electron chi connectivity index (χ3n) is 3.23. The highest BCUT2D eigenvalue weighted by molar-refractivity contribution is 9.10. The number of benzene rings is 1. The van der Waals surface area contributed by atoms with Crippen molar-refractivity contribution in [1.29, 1.82) is 0 Å². The molecule has 0 saturated carbocycles. The molecule has 0 bridgehead atoms. The number of carbonyl (C=O) groups excluding carboxylic acids is 2. The molecule has 0 atom stereocenters. The second kappa shape index (κ2) is 8.53. The van der Waals surface area contributed by atoms with Crippen molar-refractivity contribution in [3.63, 3.8) is 0 Å². The van der Waals surface area contributed by atoms with E-state index in [2.05, 4.69) is 15.9 Å². The van der Waals surface area contributed by atoms with Crippen molar-refractivity contribution in [1.82, 2.24) is 9.29 Å². The summed E-state index contributed by atoms with van der Waals surface area (Å²) in [5.41, 5.74) is 0.367. The minimum Gasteiger partial charge on any atom is -0.456 e. The number of nitrogens with one attached hydrogen (secondary N) is 1. The molecule has 0 radical (unpaired) electrons.